The zero-order valence-corrected chi connectivity index (χ0v) is 13.4. The van der Waals surface area contributed by atoms with Gasteiger partial charge < -0.3 is 9.64 Å². The molecular weight excluding hydrogens is 330 g/mol. The number of hydrogen-bond donors (Lipinski definition) is 0. The number of ether oxygens (including phenoxy) is 1. The van der Waals surface area contributed by atoms with Crippen molar-refractivity contribution in [3.63, 3.8) is 0 Å². The number of carbonyl (C=O) groups excluding carboxylic acids is 1. The lowest BCUT2D eigenvalue weighted by Crippen LogP contribution is -2.36. The summed E-state index contributed by atoms with van der Waals surface area (Å²) in [5.41, 5.74) is 0.959. The fourth-order valence-corrected chi connectivity index (χ4v) is 3.66. The normalized spacial score (nSPS) is 23.1. The molecule has 2 fully saturated rings. The van der Waals surface area contributed by atoms with E-state index in [1.807, 2.05) is 6.07 Å². The van der Waals surface area contributed by atoms with Crippen LogP contribution in [0.3, 0.4) is 0 Å². The van der Waals surface area contributed by atoms with Crippen molar-refractivity contribution in [1.82, 2.24) is 4.98 Å². The third kappa shape index (κ3) is 3.18. The summed E-state index contributed by atoms with van der Waals surface area (Å²) in [7, 11) is 1.60. The first kappa shape index (κ1) is 15.5. The second-order valence-corrected chi connectivity index (χ2v) is 8.19. The van der Waals surface area contributed by atoms with Crippen molar-refractivity contribution >= 4 is 37.1 Å². The van der Waals surface area contributed by atoms with Gasteiger partial charge >= 0.3 is 0 Å². The Bertz CT molecular complexity index is 658. The lowest BCUT2D eigenvalue weighted by atomic mass is 10.3. The molecular formula is C13H16ClN3O4S. The highest BCUT2D eigenvalue weighted by molar-refractivity contribution is 8.14. The lowest BCUT2D eigenvalue weighted by molar-refractivity contribution is -0.117. The quantitative estimate of drug-likeness (QED) is 0.746. The largest absolute Gasteiger partial charge is 0.378 e. The van der Waals surface area contributed by atoms with Gasteiger partial charge in [-0.25, -0.2) is 13.4 Å². The maximum Gasteiger partial charge on any atom is 0.237 e. The highest BCUT2D eigenvalue weighted by Crippen LogP contribution is 2.26. The molecule has 2 saturated heterocycles. The molecule has 120 valence electrons. The van der Waals surface area contributed by atoms with Gasteiger partial charge in [-0.05, 0) is 12.1 Å². The molecule has 3 heterocycles. The monoisotopic (exact) mass is 345 g/mol. The van der Waals surface area contributed by atoms with Crippen LogP contribution in [0.25, 0.3) is 0 Å². The highest BCUT2D eigenvalue weighted by Gasteiger charge is 2.38. The number of anilines is 2. The standard InChI is InChI=1S/C13H16ClN3O4S/c14-22(19,20)11-7-13(18)17(9-11)12-2-1-10(8-15-12)16-3-5-21-6-4-16/h1-2,8,11H,3-7,9H2. The Morgan fingerprint density at radius 1 is 1.27 bits per heavy atom. The summed E-state index contributed by atoms with van der Waals surface area (Å²) in [6, 6.07) is 3.61. The van der Waals surface area contributed by atoms with Crippen LogP contribution in [-0.2, 0) is 18.6 Å². The van der Waals surface area contributed by atoms with E-state index >= 15 is 0 Å². The van der Waals surface area contributed by atoms with Crippen LogP contribution in [-0.4, -0.2) is 57.4 Å². The third-order valence-corrected chi connectivity index (χ3v) is 5.74. The van der Waals surface area contributed by atoms with E-state index in [0.29, 0.717) is 19.0 Å². The van der Waals surface area contributed by atoms with Crippen molar-refractivity contribution in [2.24, 2.45) is 0 Å². The van der Waals surface area contributed by atoms with E-state index in [1.165, 1.54) is 4.90 Å². The summed E-state index contributed by atoms with van der Waals surface area (Å²) in [4.78, 5) is 19.8. The van der Waals surface area contributed by atoms with E-state index in [1.54, 1.807) is 12.3 Å². The smallest absolute Gasteiger partial charge is 0.237 e. The average Bonchev–Trinajstić information content (AvgIpc) is 2.90. The fraction of sp³-hybridized carbons (Fsp3) is 0.538. The molecule has 1 aromatic rings. The molecule has 0 spiro atoms. The van der Waals surface area contributed by atoms with Crippen molar-refractivity contribution in [2.45, 2.75) is 11.7 Å². The Labute approximate surface area is 133 Å². The van der Waals surface area contributed by atoms with Crippen LogP contribution in [0.15, 0.2) is 18.3 Å². The molecule has 1 amide bonds. The maximum absolute atomic E-state index is 12.0. The van der Waals surface area contributed by atoms with Gasteiger partial charge in [0.15, 0.2) is 0 Å². The van der Waals surface area contributed by atoms with Crippen LogP contribution in [0.2, 0.25) is 0 Å². The van der Waals surface area contributed by atoms with Gasteiger partial charge in [0.25, 0.3) is 0 Å². The summed E-state index contributed by atoms with van der Waals surface area (Å²) >= 11 is 0. The summed E-state index contributed by atoms with van der Waals surface area (Å²) in [5.74, 6) is 0.172. The Morgan fingerprint density at radius 2 is 2.00 bits per heavy atom. The molecule has 0 aliphatic carbocycles. The van der Waals surface area contributed by atoms with E-state index in [-0.39, 0.29) is 18.9 Å². The number of rotatable bonds is 3. The number of carbonyl (C=O) groups is 1. The van der Waals surface area contributed by atoms with E-state index in [9.17, 15) is 13.2 Å². The number of amides is 1. The molecule has 0 saturated carbocycles. The lowest BCUT2D eigenvalue weighted by Gasteiger charge is -2.28. The molecule has 9 heteroatoms. The van der Waals surface area contributed by atoms with Gasteiger partial charge in [-0.2, -0.15) is 0 Å². The number of aromatic nitrogens is 1. The molecule has 22 heavy (non-hydrogen) atoms. The summed E-state index contributed by atoms with van der Waals surface area (Å²) < 4.78 is 28.0. The molecule has 0 bridgehead atoms. The zero-order valence-electron chi connectivity index (χ0n) is 11.8. The number of halogens is 1. The first-order valence-electron chi connectivity index (χ1n) is 6.98. The topological polar surface area (TPSA) is 79.8 Å². The molecule has 0 aromatic carbocycles. The van der Waals surface area contributed by atoms with Crippen LogP contribution in [0.4, 0.5) is 11.5 Å². The maximum atomic E-state index is 12.0. The van der Waals surface area contributed by atoms with Crippen LogP contribution in [0, 0.1) is 0 Å². The van der Waals surface area contributed by atoms with Crippen molar-refractivity contribution in [3.05, 3.63) is 18.3 Å². The fourth-order valence-electron chi connectivity index (χ4n) is 2.63. The average molecular weight is 346 g/mol. The molecule has 2 aliphatic heterocycles. The van der Waals surface area contributed by atoms with Crippen LogP contribution >= 0.6 is 10.7 Å². The van der Waals surface area contributed by atoms with Crippen LogP contribution in [0.5, 0.6) is 0 Å². The molecule has 2 aliphatic rings. The Morgan fingerprint density at radius 3 is 2.55 bits per heavy atom. The minimum Gasteiger partial charge on any atom is -0.378 e. The van der Waals surface area contributed by atoms with E-state index in [0.717, 1.165) is 18.8 Å². The number of hydrogen-bond acceptors (Lipinski definition) is 6. The van der Waals surface area contributed by atoms with Gasteiger partial charge in [-0.1, -0.05) is 0 Å². The second kappa shape index (κ2) is 6.02. The molecule has 0 radical (unpaired) electrons. The molecule has 7 nitrogen and oxygen atoms in total. The van der Waals surface area contributed by atoms with Crippen molar-refractivity contribution in [2.75, 3.05) is 42.6 Å². The number of pyridine rings is 1. The van der Waals surface area contributed by atoms with Gasteiger partial charge in [0.2, 0.25) is 15.0 Å². The van der Waals surface area contributed by atoms with Crippen LogP contribution in [0.1, 0.15) is 6.42 Å². The summed E-state index contributed by atoms with van der Waals surface area (Å²) in [5, 5.41) is -0.873. The highest BCUT2D eigenvalue weighted by atomic mass is 35.7. The predicted molar refractivity (Wildman–Crippen MR) is 82.8 cm³/mol. The van der Waals surface area contributed by atoms with Crippen molar-refractivity contribution < 1.29 is 17.9 Å². The summed E-state index contributed by atoms with van der Waals surface area (Å²) in [6.45, 7) is 3.02. The van der Waals surface area contributed by atoms with Gasteiger partial charge in [-0.3, -0.25) is 9.69 Å². The first-order chi connectivity index (χ1) is 10.4. The van der Waals surface area contributed by atoms with Crippen molar-refractivity contribution in [3.8, 4) is 0 Å². The SMILES string of the molecule is O=C1CC(S(=O)(=O)Cl)CN1c1ccc(N2CCOCC2)cn1. The van der Waals surface area contributed by atoms with Gasteiger partial charge in [0.05, 0.1) is 25.1 Å². The molecule has 1 aromatic heterocycles. The zero-order chi connectivity index (χ0) is 15.7. The first-order valence-corrected chi connectivity index (χ1v) is 9.35. The molecule has 1 unspecified atom stereocenters. The molecule has 0 N–H and O–H groups in total. The van der Waals surface area contributed by atoms with Crippen LogP contribution < -0.4 is 9.80 Å². The predicted octanol–water partition coefficient (Wildman–Crippen LogP) is 0.592. The van der Waals surface area contributed by atoms with E-state index < -0.39 is 14.3 Å². The number of nitrogens with zero attached hydrogens (tertiary/aromatic N) is 3. The minimum atomic E-state index is -3.74. The minimum absolute atomic E-state index is 0.0502. The van der Waals surface area contributed by atoms with E-state index in [2.05, 4.69) is 9.88 Å². The van der Waals surface area contributed by atoms with Crippen molar-refractivity contribution in [1.29, 1.82) is 0 Å². The van der Waals surface area contributed by atoms with Gasteiger partial charge in [0.1, 0.15) is 11.1 Å². The van der Waals surface area contributed by atoms with E-state index in [4.69, 9.17) is 15.4 Å². The van der Waals surface area contributed by atoms with Gasteiger partial charge in [0, 0.05) is 36.7 Å². The van der Waals surface area contributed by atoms with Gasteiger partial charge in [-0.15, -0.1) is 0 Å². The number of morpholine rings is 1. The second-order valence-electron chi connectivity index (χ2n) is 5.28. The Balaban J connectivity index is 1.74. The Hall–Kier alpha value is -1.38. The third-order valence-electron chi connectivity index (χ3n) is 3.87. The molecule has 1 atom stereocenters. The molecule has 3 rings (SSSR count). The Kier molecular flexibility index (Phi) is 4.24. The summed E-state index contributed by atoms with van der Waals surface area (Å²) in [6.07, 6.45) is 1.59.